The average Bonchev–Trinajstić information content (AvgIpc) is 2.90. The Kier molecular flexibility index (Phi) is 3.85. The molecule has 0 aromatic carbocycles. The van der Waals surface area contributed by atoms with Gasteiger partial charge in [0, 0.05) is 12.1 Å². The number of hydrogen-bond acceptors (Lipinski definition) is 4. The van der Waals surface area contributed by atoms with E-state index in [-0.39, 0.29) is 11.5 Å². The Morgan fingerprint density at radius 3 is 2.74 bits per heavy atom. The molecule has 1 N–H and O–H groups in total. The zero-order valence-electron chi connectivity index (χ0n) is 12.1. The quantitative estimate of drug-likeness (QED) is 0.914. The van der Waals surface area contributed by atoms with E-state index in [1.54, 1.807) is 0 Å². The third-order valence-corrected chi connectivity index (χ3v) is 5.13. The zero-order chi connectivity index (χ0) is 14.2. The van der Waals surface area contributed by atoms with Gasteiger partial charge in [0.15, 0.2) is 5.13 Å². The largest absolute Gasteiger partial charge is 0.477 e. The molecule has 19 heavy (non-hydrogen) atoms. The van der Waals surface area contributed by atoms with E-state index in [4.69, 9.17) is 0 Å². The highest BCUT2D eigenvalue weighted by Gasteiger charge is 2.35. The molecule has 1 aliphatic heterocycles. The first-order valence-corrected chi connectivity index (χ1v) is 7.70. The van der Waals surface area contributed by atoms with Crippen molar-refractivity contribution < 1.29 is 9.90 Å². The van der Waals surface area contributed by atoms with E-state index in [0.717, 1.165) is 36.6 Å². The smallest absolute Gasteiger partial charge is 0.347 e. The van der Waals surface area contributed by atoms with Crippen molar-refractivity contribution in [1.82, 2.24) is 4.98 Å². The summed E-state index contributed by atoms with van der Waals surface area (Å²) in [4.78, 5) is 18.7. The molecular formula is C14H22N2O2S. The van der Waals surface area contributed by atoms with Crippen molar-refractivity contribution in [2.45, 2.75) is 58.4 Å². The number of thiazole rings is 1. The number of anilines is 1. The van der Waals surface area contributed by atoms with Crippen LogP contribution in [0.2, 0.25) is 0 Å². The van der Waals surface area contributed by atoms with E-state index in [1.807, 2.05) is 6.92 Å². The van der Waals surface area contributed by atoms with Crippen LogP contribution in [0, 0.1) is 0 Å². The van der Waals surface area contributed by atoms with Gasteiger partial charge >= 0.3 is 5.97 Å². The highest BCUT2D eigenvalue weighted by Crippen LogP contribution is 2.39. The minimum absolute atomic E-state index is 0.0837. The van der Waals surface area contributed by atoms with Crippen LogP contribution in [0.3, 0.4) is 0 Å². The number of hydrogen-bond donors (Lipinski definition) is 1. The standard InChI is InChI=1S/C14H22N2O2S/c1-5-9(2)10-11(12(17)18)19-13(15-10)16-8-6-7-14(16,3)4/h9H,5-8H2,1-4H3,(H,17,18). The van der Waals surface area contributed by atoms with Crippen LogP contribution >= 0.6 is 11.3 Å². The van der Waals surface area contributed by atoms with Gasteiger partial charge in [-0.3, -0.25) is 0 Å². The second-order valence-electron chi connectivity index (χ2n) is 5.89. The lowest BCUT2D eigenvalue weighted by atomic mass is 10.0. The maximum atomic E-state index is 11.4. The number of aromatic nitrogens is 1. The van der Waals surface area contributed by atoms with Gasteiger partial charge in [0.05, 0.1) is 5.69 Å². The van der Waals surface area contributed by atoms with E-state index < -0.39 is 5.97 Å². The van der Waals surface area contributed by atoms with E-state index in [9.17, 15) is 9.90 Å². The fourth-order valence-electron chi connectivity index (χ4n) is 2.58. The van der Waals surface area contributed by atoms with Crippen molar-refractivity contribution >= 4 is 22.4 Å². The molecule has 1 saturated heterocycles. The van der Waals surface area contributed by atoms with Crippen LogP contribution in [-0.2, 0) is 0 Å². The van der Waals surface area contributed by atoms with E-state index in [0.29, 0.717) is 4.88 Å². The van der Waals surface area contributed by atoms with Crippen LogP contribution in [0.5, 0.6) is 0 Å². The normalized spacial score (nSPS) is 19.7. The molecule has 0 bridgehead atoms. The monoisotopic (exact) mass is 282 g/mol. The number of aromatic carboxylic acids is 1. The maximum Gasteiger partial charge on any atom is 0.347 e. The zero-order valence-corrected chi connectivity index (χ0v) is 12.9. The SMILES string of the molecule is CCC(C)c1nc(N2CCCC2(C)C)sc1C(=O)O. The van der Waals surface area contributed by atoms with Crippen LogP contribution in [0.15, 0.2) is 0 Å². The van der Waals surface area contributed by atoms with Crippen molar-refractivity contribution in [3.63, 3.8) is 0 Å². The molecule has 1 aromatic rings. The lowest BCUT2D eigenvalue weighted by Crippen LogP contribution is -2.38. The predicted octanol–water partition coefficient (Wildman–Crippen LogP) is 3.73. The van der Waals surface area contributed by atoms with E-state index >= 15 is 0 Å². The molecule has 1 aliphatic rings. The molecule has 1 aromatic heterocycles. The molecule has 4 nitrogen and oxygen atoms in total. The lowest BCUT2D eigenvalue weighted by Gasteiger charge is -2.31. The van der Waals surface area contributed by atoms with Gasteiger partial charge in [0.2, 0.25) is 0 Å². The average molecular weight is 282 g/mol. The van der Waals surface area contributed by atoms with Crippen molar-refractivity contribution in [3.05, 3.63) is 10.6 Å². The fraction of sp³-hybridized carbons (Fsp3) is 0.714. The third kappa shape index (κ3) is 2.61. The van der Waals surface area contributed by atoms with Crippen molar-refractivity contribution in [3.8, 4) is 0 Å². The van der Waals surface area contributed by atoms with Gasteiger partial charge in [-0.05, 0) is 39.0 Å². The summed E-state index contributed by atoms with van der Waals surface area (Å²) in [6.45, 7) is 9.48. The molecule has 1 unspecified atom stereocenters. The molecule has 2 rings (SSSR count). The number of carboxylic acid groups (broad SMARTS) is 1. The van der Waals surface area contributed by atoms with Gasteiger partial charge in [0.1, 0.15) is 4.88 Å². The summed E-state index contributed by atoms with van der Waals surface area (Å²) in [5, 5.41) is 10.2. The van der Waals surface area contributed by atoms with E-state index in [1.165, 1.54) is 11.3 Å². The molecule has 1 atom stereocenters. The molecule has 5 heteroatoms. The highest BCUT2D eigenvalue weighted by molar-refractivity contribution is 7.17. The second kappa shape index (κ2) is 5.12. The highest BCUT2D eigenvalue weighted by atomic mass is 32.1. The van der Waals surface area contributed by atoms with Crippen molar-refractivity contribution in [2.75, 3.05) is 11.4 Å². The molecule has 0 spiro atoms. The second-order valence-corrected chi connectivity index (χ2v) is 6.87. The minimum atomic E-state index is -0.851. The first-order chi connectivity index (χ1) is 8.86. The molecule has 0 aliphatic carbocycles. The summed E-state index contributed by atoms with van der Waals surface area (Å²) in [6, 6.07) is 0. The Morgan fingerprint density at radius 1 is 1.58 bits per heavy atom. The number of carboxylic acids is 1. The Labute approximate surface area is 118 Å². The van der Waals surface area contributed by atoms with Gasteiger partial charge in [-0.1, -0.05) is 25.2 Å². The van der Waals surface area contributed by atoms with Crippen LogP contribution in [0.1, 0.15) is 68.2 Å². The van der Waals surface area contributed by atoms with Gasteiger partial charge in [0.25, 0.3) is 0 Å². The van der Waals surface area contributed by atoms with Gasteiger partial charge in [-0.25, -0.2) is 9.78 Å². The molecule has 0 saturated carbocycles. The Bertz CT molecular complexity index is 482. The molecule has 2 heterocycles. The van der Waals surface area contributed by atoms with Crippen LogP contribution < -0.4 is 4.90 Å². The molecule has 0 amide bonds. The van der Waals surface area contributed by atoms with E-state index in [2.05, 4.69) is 30.7 Å². The van der Waals surface area contributed by atoms with Gasteiger partial charge < -0.3 is 10.0 Å². The van der Waals surface area contributed by atoms with Crippen LogP contribution in [0.4, 0.5) is 5.13 Å². The summed E-state index contributed by atoms with van der Waals surface area (Å²) in [5.41, 5.74) is 0.832. The van der Waals surface area contributed by atoms with Gasteiger partial charge in [-0.15, -0.1) is 0 Å². The Hall–Kier alpha value is -1.10. The first kappa shape index (κ1) is 14.3. The fourth-order valence-corrected chi connectivity index (χ4v) is 3.79. The van der Waals surface area contributed by atoms with Gasteiger partial charge in [-0.2, -0.15) is 0 Å². The summed E-state index contributed by atoms with van der Waals surface area (Å²) in [5.74, 6) is -0.655. The number of carbonyl (C=O) groups is 1. The molecular weight excluding hydrogens is 260 g/mol. The summed E-state index contributed by atoms with van der Waals surface area (Å²) in [6.07, 6.45) is 3.19. The summed E-state index contributed by atoms with van der Waals surface area (Å²) < 4.78 is 0. The number of nitrogens with zero attached hydrogens (tertiary/aromatic N) is 2. The topological polar surface area (TPSA) is 53.4 Å². The third-order valence-electron chi connectivity index (χ3n) is 4.05. The minimum Gasteiger partial charge on any atom is -0.477 e. The Morgan fingerprint density at radius 2 is 2.26 bits per heavy atom. The molecule has 1 fully saturated rings. The van der Waals surface area contributed by atoms with Crippen LogP contribution in [0.25, 0.3) is 0 Å². The number of rotatable bonds is 4. The van der Waals surface area contributed by atoms with Crippen LogP contribution in [-0.4, -0.2) is 28.1 Å². The Balaban J connectivity index is 2.40. The van der Waals surface area contributed by atoms with Crippen molar-refractivity contribution in [2.24, 2.45) is 0 Å². The first-order valence-electron chi connectivity index (χ1n) is 6.88. The lowest BCUT2D eigenvalue weighted by molar-refractivity contribution is 0.0700. The summed E-state index contributed by atoms with van der Waals surface area (Å²) >= 11 is 1.33. The predicted molar refractivity (Wildman–Crippen MR) is 78.4 cm³/mol. The van der Waals surface area contributed by atoms with Crippen molar-refractivity contribution in [1.29, 1.82) is 0 Å². The summed E-state index contributed by atoms with van der Waals surface area (Å²) in [7, 11) is 0. The molecule has 106 valence electrons. The molecule has 0 radical (unpaired) electrons. The maximum absolute atomic E-state index is 11.4.